The number of carboxylic acid groups (broad SMARTS) is 1. The van der Waals surface area contributed by atoms with E-state index in [1.807, 2.05) is 19.1 Å². The third-order valence-electron chi connectivity index (χ3n) is 14.7. The van der Waals surface area contributed by atoms with E-state index in [4.69, 9.17) is 0 Å². The topological polar surface area (TPSA) is 98.7 Å². The van der Waals surface area contributed by atoms with Crippen molar-refractivity contribution < 1.29 is 19.5 Å². The molecule has 6 aliphatic rings. The SMILES string of the molecule is C=CC.CC1C(c2ccc(C(=O)O)cc2)=CCC2(C)C1CCC1(C)C2CCC2C3CCCC3(NC(=O)N3CCNC(=O)C3)CC[C@]21C. The van der Waals surface area contributed by atoms with Gasteiger partial charge in [0.05, 0.1) is 5.56 Å². The number of carboxylic acids is 1. The number of allylic oxidation sites excluding steroid dienone is 3. The minimum Gasteiger partial charge on any atom is -0.478 e. The number of piperazine rings is 1. The molecule has 8 unspecified atom stereocenters. The Bertz CT molecular complexity index is 1440. The van der Waals surface area contributed by atoms with Gasteiger partial charge in [0.15, 0.2) is 0 Å². The van der Waals surface area contributed by atoms with Gasteiger partial charge in [-0.15, -0.1) is 6.58 Å². The second kappa shape index (κ2) is 12.4. The van der Waals surface area contributed by atoms with Crippen LogP contribution in [0.1, 0.15) is 115 Å². The summed E-state index contributed by atoms with van der Waals surface area (Å²) >= 11 is 0. The molecule has 9 atom stereocenters. The van der Waals surface area contributed by atoms with Crippen molar-refractivity contribution in [3.05, 3.63) is 54.1 Å². The summed E-state index contributed by atoms with van der Waals surface area (Å²) in [7, 11) is 0. The lowest BCUT2D eigenvalue weighted by molar-refractivity contribution is -0.210. The van der Waals surface area contributed by atoms with Gasteiger partial charge in [-0.2, -0.15) is 0 Å². The molecule has 0 bridgehead atoms. The molecule has 7 nitrogen and oxygen atoms in total. The molecule has 47 heavy (non-hydrogen) atoms. The van der Waals surface area contributed by atoms with Crippen LogP contribution >= 0.6 is 0 Å². The molecule has 0 aromatic heterocycles. The molecule has 256 valence electrons. The summed E-state index contributed by atoms with van der Waals surface area (Å²) in [5.41, 5.74) is 3.54. The number of urea groups is 1. The summed E-state index contributed by atoms with van der Waals surface area (Å²) in [5.74, 6) is 1.92. The minimum atomic E-state index is -0.874. The van der Waals surface area contributed by atoms with Gasteiger partial charge in [-0.25, -0.2) is 9.59 Å². The maximum absolute atomic E-state index is 13.5. The van der Waals surface area contributed by atoms with Crippen LogP contribution in [0.5, 0.6) is 0 Å². The number of hydrogen-bond donors (Lipinski definition) is 3. The van der Waals surface area contributed by atoms with Gasteiger partial charge in [0.1, 0.15) is 6.54 Å². The highest BCUT2D eigenvalue weighted by Crippen LogP contribution is 2.75. The number of carbonyl (C=O) groups excluding carboxylic acids is 2. The van der Waals surface area contributed by atoms with Crippen molar-refractivity contribution in [2.24, 2.45) is 45.8 Å². The summed E-state index contributed by atoms with van der Waals surface area (Å²) in [6.45, 7) is 16.8. The first-order chi connectivity index (χ1) is 22.3. The van der Waals surface area contributed by atoms with E-state index < -0.39 is 5.97 Å². The van der Waals surface area contributed by atoms with E-state index in [9.17, 15) is 19.5 Å². The lowest BCUT2D eigenvalue weighted by Crippen LogP contribution is -2.68. The van der Waals surface area contributed by atoms with Crippen molar-refractivity contribution in [1.29, 1.82) is 0 Å². The van der Waals surface area contributed by atoms with Crippen LogP contribution in [-0.2, 0) is 4.79 Å². The highest BCUT2D eigenvalue weighted by molar-refractivity contribution is 5.88. The van der Waals surface area contributed by atoms with E-state index >= 15 is 0 Å². The summed E-state index contributed by atoms with van der Waals surface area (Å²) < 4.78 is 0. The lowest BCUT2D eigenvalue weighted by Gasteiger charge is -2.71. The predicted molar refractivity (Wildman–Crippen MR) is 187 cm³/mol. The van der Waals surface area contributed by atoms with Crippen LogP contribution in [0, 0.1) is 45.8 Å². The Kier molecular flexibility index (Phi) is 8.93. The Morgan fingerprint density at radius 2 is 1.70 bits per heavy atom. The number of amides is 3. The quantitative estimate of drug-likeness (QED) is 0.291. The summed E-state index contributed by atoms with van der Waals surface area (Å²) in [5, 5.41) is 15.8. The summed E-state index contributed by atoms with van der Waals surface area (Å²) in [6.07, 6.45) is 16.0. The fourth-order valence-electron chi connectivity index (χ4n) is 12.3. The van der Waals surface area contributed by atoms with Crippen LogP contribution in [0.4, 0.5) is 4.79 Å². The Morgan fingerprint density at radius 1 is 0.979 bits per heavy atom. The van der Waals surface area contributed by atoms with Gasteiger partial charge in [-0.05, 0) is 134 Å². The molecule has 1 aromatic rings. The highest BCUT2D eigenvalue weighted by Gasteiger charge is 2.68. The third kappa shape index (κ3) is 5.35. The van der Waals surface area contributed by atoms with Gasteiger partial charge in [-0.3, -0.25) is 4.79 Å². The summed E-state index contributed by atoms with van der Waals surface area (Å²) in [6, 6.07) is 7.46. The number of nitrogens with one attached hydrogen (secondary N) is 2. The van der Waals surface area contributed by atoms with Crippen LogP contribution < -0.4 is 10.6 Å². The second-order valence-electron chi connectivity index (χ2n) is 16.5. The van der Waals surface area contributed by atoms with E-state index in [1.165, 1.54) is 49.7 Å². The number of hydrogen-bond acceptors (Lipinski definition) is 3. The number of carbonyl (C=O) groups is 3. The third-order valence-corrected chi connectivity index (χ3v) is 14.7. The largest absolute Gasteiger partial charge is 0.478 e. The summed E-state index contributed by atoms with van der Waals surface area (Å²) in [4.78, 5) is 38.6. The Balaban J connectivity index is 0.00000124. The average Bonchev–Trinajstić information content (AvgIpc) is 3.45. The first-order valence-corrected chi connectivity index (χ1v) is 18.3. The zero-order chi connectivity index (χ0) is 33.8. The van der Waals surface area contributed by atoms with Crippen LogP contribution in [0.2, 0.25) is 0 Å². The van der Waals surface area contributed by atoms with Crippen molar-refractivity contribution in [2.75, 3.05) is 19.6 Å². The van der Waals surface area contributed by atoms with E-state index in [0.717, 1.165) is 25.7 Å². The molecule has 1 aliphatic heterocycles. The molecule has 5 aliphatic carbocycles. The van der Waals surface area contributed by atoms with Gasteiger partial charge >= 0.3 is 12.0 Å². The number of rotatable bonds is 3. The molecule has 1 saturated heterocycles. The molecule has 0 radical (unpaired) electrons. The standard InChI is InChI=1S/C37H51N3O4.C3H6/c1-23-26(24-7-9-25(10-8-24)32(42)43)13-16-34(2)27(23)14-17-36(4)30(34)12-11-28-29-6-5-15-37(29,19-18-35(28,36)3)39-33(44)40-21-20-38-31(41)22-40;1-3-2/h7-10,13,23,27-30H,5-6,11-12,14-22H2,1-4H3,(H,38,41)(H,39,44)(H,42,43);3H,1H2,2H3/t23?,27?,28?,29?,30?,34?,35-,36?,37?;/m1./s1. The predicted octanol–water partition coefficient (Wildman–Crippen LogP) is 7.93. The van der Waals surface area contributed by atoms with Gasteiger partial charge in [-0.1, -0.05) is 58.4 Å². The first-order valence-electron chi connectivity index (χ1n) is 18.3. The molecule has 5 fully saturated rings. The average molecular weight is 644 g/mol. The molecule has 3 amide bonds. The monoisotopic (exact) mass is 643 g/mol. The van der Waals surface area contributed by atoms with E-state index in [-0.39, 0.29) is 40.3 Å². The first kappa shape index (κ1) is 33.8. The van der Waals surface area contributed by atoms with E-state index in [2.05, 4.69) is 51.0 Å². The number of aromatic carboxylic acids is 1. The molecular weight excluding hydrogens is 586 g/mol. The van der Waals surface area contributed by atoms with Gasteiger partial charge in [0, 0.05) is 18.6 Å². The highest BCUT2D eigenvalue weighted by atomic mass is 16.4. The molecule has 0 spiro atoms. The fraction of sp³-hybridized carbons (Fsp3) is 0.675. The fourth-order valence-corrected chi connectivity index (χ4v) is 12.3. The van der Waals surface area contributed by atoms with Gasteiger partial charge < -0.3 is 20.6 Å². The van der Waals surface area contributed by atoms with Crippen molar-refractivity contribution in [3.8, 4) is 0 Å². The Hall–Kier alpha value is -3.09. The van der Waals surface area contributed by atoms with Crippen LogP contribution in [0.15, 0.2) is 43.0 Å². The van der Waals surface area contributed by atoms with Crippen molar-refractivity contribution in [2.45, 2.75) is 104 Å². The normalized spacial score (nSPS) is 40.5. The molecular formula is C40H57N3O4. The number of nitrogens with zero attached hydrogens (tertiary/aromatic N) is 1. The lowest BCUT2D eigenvalue weighted by atomic mass is 9.34. The second-order valence-corrected chi connectivity index (χ2v) is 16.5. The molecule has 7 heteroatoms. The number of benzene rings is 1. The molecule has 3 N–H and O–H groups in total. The Morgan fingerprint density at radius 3 is 2.38 bits per heavy atom. The smallest absolute Gasteiger partial charge is 0.335 e. The molecule has 1 aromatic carbocycles. The van der Waals surface area contributed by atoms with Crippen molar-refractivity contribution in [1.82, 2.24) is 15.5 Å². The van der Waals surface area contributed by atoms with Crippen LogP contribution in [-0.4, -0.2) is 53.1 Å². The van der Waals surface area contributed by atoms with Crippen LogP contribution in [0.3, 0.4) is 0 Å². The zero-order valence-electron chi connectivity index (χ0n) is 29.4. The van der Waals surface area contributed by atoms with E-state index in [1.54, 1.807) is 23.1 Å². The van der Waals surface area contributed by atoms with Crippen LogP contribution in [0.25, 0.3) is 5.57 Å². The number of fused-ring (bicyclic) bond motifs is 7. The van der Waals surface area contributed by atoms with E-state index in [0.29, 0.717) is 48.2 Å². The maximum atomic E-state index is 13.5. The molecule has 4 saturated carbocycles. The van der Waals surface area contributed by atoms with Gasteiger partial charge in [0.25, 0.3) is 0 Å². The zero-order valence-corrected chi connectivity index (χ0v) is 29.4. The van der Waals surface area contributed by atoms with Gasteiger partial charge in [0.2, 0.25) is 5.91 Å². The van der Waals surface area contributed by atoms with Crippen molar-refractivity contribution in [3.63, 3.8) is 0 Å². The maximum Gasteiger partial charge on any atom is 0.335 e. The van der Waals surface area contributed by atoms with Crippen molar-refractivity contribution >= 4 is 23.5 Å². The molecule has 7 rings (SSSR count). The Labute approximate surface area is 282 Å². The molecule has 1 heterocycles. The minimum absolute atomic E-state index is 0.0420.